The molecule has 0 unspecified atom stereocenters. The number of hydrogen-bond donors (Lipinski definition) is 2. The summed E-state index contributed by atoms with van der Waals surface area (Å²) in [4.78, 5) is 11.9. The molecule has 0 saturated heterocycles. The van der Waals surface area contributed by atoms with Crippen LogP contribution >= 0.6 is 22.9 Å². The lowest BCUT2D eigenvalue weighted by molar-refractivity contribution is 0.657. The first-order valence-electron chi connectivity index (χ1n) is 5.36. The maximum absolute atomic E-state index is 13.0. The number of thiophene rings is 1. The Morgan fingerprint density at radius 2 is 2.11 bits per heavy atom. The molecule has 0 atom stereocenters. The molecule has 96 valence electrons. The molecule has 0 bridgehead atoms. The topological polar surface area (TPSA) is 67.6 Å². The normalized spacial score (nSPS) is 10.8. The second kappa shape index (κ2) is 4.64. The van der Waals surface area contributed by atoms with E-state index in [4.69, 9.17) is 17.3 Å². The van der Waals surface area contributed by atoms with Crippen LogP contribution in [0.3, 0.4) is 0 Å². The molecule has 0 saturated carbocycles. The van der Waals surface area contributed by atoms with Gasteiger partial charge < -0.3 is 10.7 Å². The van der Waals surface area contributed by atoms with Crippen molar-refractivity contribution in [2.45, 2.75) is 0 Å². The zero-order chi connectivity index (χ0) is 13.4. The van der Waals surface area contributed by atoms with Gasteiger partial charge in [0, 0.05) is 11.8 Å². The minimum absolute atomic E-state index is 0.264. The second-order valence-corrected chi connectivity index (χ2v) is 5.24. The highest BCUT2D eigenvalue weighted by Gasteiger charge is 2.13. The fourth-order valence-electron chi connectivity index (χ4n) is 1.69. The number of nitrogens with two attached hydrogens (primary N) is 1. The van der Waals surface area contributed by atoms with Crippen molar-refractivity contribution in [3.63, 3.8) is 0 Å². The standard InChI is InChI=1S/C12H8ClFN4S/c13-8-3-1-6(5-16-8)10-11(15)18-12(17-10)7-2-4-9(14)19-7/h1-5H,15H2,(H,17,18). The van der Waals surface area contributed by atoms with Crippen LogP contribution in [0.1, 0.15) is 0 Å². The molecule has 3 aromatic rings. The van der Waals surface area contributed by atoms with Crippen LogP contribution in [0.25, 0.3) is 22.0 Å². The third-order valence-corrected chi connectivity index (χ3v) is 3.66. The molecule has 0 aliphatic rings. The largest absolute Gasteiger partial charge is 0.382 e. The summed E-state index contributed by atoms with van der Waals surface area (Å²) < 4.78 is 13.0. The van der Waals surface area contributed by atoms with Gasteiger partial charge in [0.15, 0.2) is 11.0 Å². The minimum atomic E-state index is -0.264. The van der Waals surface area contributed by atoms with Crippen LogP contribution in [-0.2, 0) is 0 Å². The Hall–Kier alpha value is -1.92. The Kier molecular flexibility index (Phi) is 2.96. The second-order valence-electron chi connectivity index (χ2n) is 3.82. The first-order chi connectivity index (χ1) is 9.13. The molecule has 19 heavy (non-hydrogen) atoms. The summed E-state index contributed by atoms with van der Waals surface area (Å²) >= 11 is 6.74. The maximum Gasteiger partial charge on any atom is 0.177 e. The molecule has 0 spiro atoms. The molecule has 0 fully saturated rings. The monoisotopic (exact) mass is 294 g/mol. The fourth-order valence-corrected chi connectivity index (χ4v) is 2.48. The van der Waals surface area contributed by atoms with Gasteiger partial charge in [-0.3, -0.25) is 0 Å². The third-order valence-electron chi connectivity index (χ3n) is 2.55. The van der Waals surface area contributed by atoms with Crippen LogP contribution in [0.4, 0.5) is 10.2 Å². The number of hydrogen-bond acceptors (Lipinski definition) is 4. The van der Waals surface area contributed by atoms with Crippen molar-refractivity contribution >= 4 is 28.8 Å². The molecule has 0 aliphatic carbocycles. The van der Waals surface area contributed by atoms with Gasteiger partial charge in [-0.1, -0.05) is 11.6 Å². The molecule has 3 aromatic heterocycles. The highest BCUT2D eigenvalue weighted by Crippen LogP contribution is 2.30. The summed E-state index contributed by atoms with van der Waals surface area (Å²) in [5, 5.41) is 0.141. The van der Waals surface area contributed by atoms with Crippen molar-refractivity contribution in [2.24, 2.45) is 0 Å². The van der Waals surface area contributed by atoms with E-state index in [1.807, 2.05) is 0 Å². The van der Waals surface area contributed by atoms with Gasteiger partial charge in [-0.05, 0) is 24.3 Å². The molecule has 0 amide bonds. The number of nitrogen functional groups attached to an aromatic ring is 1. The van der Waals surface area contributed by atoms with Crippen LogP contribution in [0.15, 0.2) is 30.5 Å². The minimum Gasteiger partial charge on any atom is -0.382 e. The van der Waals surface area contributed by atoms with E-state index in [0.717, 1.165) is 16.9 Å². The van der Waals surface area contributed by atoms with Crippen LogP contribution in [0.5, 0.6) is 0 Å². The van der Waals surface area contributed by atoms with Crippen LogP contribution in [0, 0.1) is 5.13 Å². The average Bonchev–Trinajstić information content (AvgIpc) is 2.97. The summed E-state index contributed by atoms with van der Waals surface area (Å²) in [6.07, 6.45) is 1.60. The highest BCUT2D eigenvalue weighted by molar-refractivity contribution is 7.13. The van der Waals surface area contributed by atoms with Gasteiger partial charge in [-0.15, -0.1) is 11.3 Å². The molecular weight excluding hydrogens is 287 g/mol. The number of rotatable bonds is 2. The highest BCUT2D eigenvalue weighted by atomic mass is 35.5. The number of aromatic nitrogens is 3. The Balaban J connectivity index is 2.04. The van der Waals surface area contributed by atoms with Gasteiger partial charge in [0.25, 0.3) is 0 Å². The van der Waals surface area contributed by atoms with E-state index in [-0.39, 0.29) is 5.13 Å². The summed E-state index contributed by atoms with van der Waals surface area (Å²) in [5.74, 6) is 0.879. The summed E-state index contributed by atoms with van der Waals surface area (Å²) in [7, 11) is 0. The van der Waals surface area contributed by atoms with E-state index in [0.29, 0.717) is 27.4 Å². The molecule has 3 heterocycles. The molecule has 3 rings (SSSR count). The Labute approximate surface area is 117 Å². The zero-order valence-corrected chi connectivity index (χ0v) is 11.1. The molecule has 0 aliphatic heterocycles. The molecule has 0 aromatic carbocycles. The molecule has 7 heteroatoms. The number of nitrogens with zero attached hydrogens (tertiary/aromatic N) is 2. The van der Waals surface area contributed by atoms with Crippen molar-refractivity contribution in [1.29, 1.82) is 0 Å². The molecular formula is C12H8ClFN4S. The summed E-state index contributed by atoms with van der Waals surface area (Å²) in [6.45, 7) is 0. The number of aromatic amines is 1. The Bertz CT molecular complexity index is 720. The number of nitrogens with one attached hydrogen (secondary N) is 1. The number of imidazole rings is 1. The lowest BCUT2D eigenvalue weighted by atomic mass is 10.2. The van der Waals surface area contributed by atoms with E-state index in [1.54, 1.807) is 24.4 Å². The van der Waals surface area contributed by atoms with Crippen LogP contribution in [0.2, 0.25) is 5.15 Å². The van der Waals surface area contributed by atoms with E-state index in [2.05, 4.69) is 15.0 Å². The molecule has 3 N–H and O–H groups in total. The van der Waals surface area contributed by atoms with Gasteiger partial charge >= 0.3 is 0 Å². The number of anilines is 1. The first-order valence-corrected chi connectivity index (χ1v) is 6.56. The molecule has 4 nitrogen and oxygen atoms in total. The van der Waals surface area contributed by atoms with Gasteiger partial charge in [0.1, 0.15) is 11.0 Å². The van der Waals surface area contributed by atoms with E-state index < -0.39 is 0 Å². The van der Waals surface area contributed by atoms with E-state index >= 15 is 0 Å². The Morgan fingerprint density at radius 1 is 1.26 bits per heavy atom. The number of halogens is 2. The lowest BCUT2D eigenvalue weighted by Crippen LogP contribution is -1.88. The van der Waals surface area contributed by atoms with E-state index in [9.17, 15) is 4.39 Å². The van der Waals surface area contributed by atoms with Gasteiger partial charge in [0.2, 0.25) is 0 Å². The van der Waals surface area contributed by atoms with E-state index in [1.165, 1.54) is 6.07 Å². The molecule has 0 radical (unpaired) electrons. The van der Waals surface area contributed by atoms with Gasteiger partial charge in [-0.2, -0.15) is 4.39 Å². The van der Waals surface area contributed by atoms with Crippen molar-refractivity contribution in [3.05, 3.63) is 40.7 Å². The third kappa shape index (κ3) is 2.32. The van der Waals surface area contributed by atoms with Crippen molar-refractivity contribution in [1.82, 2.24) is 15.0 Å². The van der Waals surface area contributed by atoms with Crippen molar-refractivity contribution in [2.75, 3.05) is 5.73 Å². The van der Waals surface area contributed by atoms with Crippen LogP contribution < -0.4 is 5.73 Å². The predicted octanol–water partition coefficient (Wildman–Crippen LogP) is 3.57. The van der Waals surface area contributed by atoms with Crippen molar-refractivity contribution in [3.8, 4) is 22.0 Å². The Morgan fingerprint density at radius 3 is 2.74 bits per heavy atom. The summed E-state index contributed by atoms with van der Waals surface area (Å²) in [5.41, 5.74) is 7.29. The number of H-pyrrole nitrogens is 1. The average molecular weight is 295 g/mol. The zero-order valence-electron chi connectivity index (χ0n) is 9.52. The lowest BCUT2D eigenvalue weighted by Gasteiger charge is -1.98. The van der Waals surface area contributed by atoms with Crippen LogP contribution in [-0.4, -0.2) is 15.0 Å². The smallest absolute Gasteiger partial charge is 0.177 e. The predicted molar refractivity (Wildman–Crippen MR) is 74.5 cm³/mol. The maximum atomic E-state index is 13.0. The quantitative estimate of drug-likeness (QED) is 0.710. The number of pyridine rings is 1. The van der Waals surface area contributed by atoms with Crippen molar-refractivity contribution < 1.29 is 4.39 Å². The fraction of sp³-hybridized carbons (Fsp3) is 0. The summed E-state index contributed by atoms with van der Waals surface area (Å²) in [6, 6.07) is 6.50. The van der Waals surface area contributed by atoms with Gasteiger partial charge in [-0.25, -0.2) is 9.97 Å². The van der Waals surface area contributed by atoms with Gasteiger partial charge in [0.05, 0.1) is 10.6 Å². The SMILES string of the molecule is Nc1nc(-c2ccc(F)s2)[nH]c1-c1ccc(Cl)nc1. The first kappa shape index (κ1) is 12.1.